The van der Waals surface area contributed by atoms with E-state index in [-0.39, 0.29) is 5.69 Å². The Morgan fingerprint density at radius 2 is 1.46 bits per heavy atom. The number of methoxy groups -OCH3 is 4. The van der Waals surface area contributed by atoms with E-state index in [9.17, 15) is 13.7 Å². The third-order valence-corrected chi connectivity index (χ3v) is 5.06. The molecule has 0 amide bonds. The van der Waals surface area contributed by atoms with Gasteiger partial charge >= 0.3 is 0 Å². The molecule has 0 radical (unpaired) electrons. The SMILES string of the molecule is COc1ccc(NS(=O)(=O)/C(C#N)=C\c2c(OC)cc(OC)cc2OC)cc1. The van der Waals surface area contributed by atoms with Gasteiger partial charge < -0.3 is 18.9 Å². The van der Waals surface area contributed by atoms with Crippen LogP contribution < -0.4 is 23.7 Å². The number of allylic oxidation sites excluding steroid dienone is 1. The van der Waals surface area contributed by atoms with Crippen molar-refractivity contribution in [3.63, 3.8) is 0 Å². The summed E-state index contributed by atoms with van der Waals surface area (Å²) >= 11 is 0. The van der Waals surface area contributed by atoms with Gasteiger partial charge in [-0.25, -0.2) is 8.42 Å². The molecule has 1 N–H and O–H groups in total. The van der Waals surface area contributed by atoms with E-state index < -0.39 is 14.9 Å². The first kappa shape index (κ1) is 20.9. The molecular formula is C19H20N2O6S. The molecule has 0 spiro atoms. The van der Waals surface area contributed by atoms with E-state index in [2.05, 4.69) is 4.72 Å². The van der Waals surface area contributed by atoms with Crippen molar-refractivity contribution < 1.29 is 27.4 Å². The van der Waals surface area contributed by atoms with Crippen molar-refractivity contribution in [2.24, 2.45) is 0 Å². The number of benzene rings is 2. The van der Waals surface area contributed by atoms with E-state index in [4.69, 9.17) is 18.9 Å². The highest BCUT2D eigenvalue weighted by Crippen LogP contribution is 2.36. The van der Waals surface area contributed by atoms with Gasteiger partial charge in [-0.2, -0.15) is 5.26 Å². The first-order chi connectivity index (χ1) is 13.4. The average Bonchev–Trinajstić information content (AvgIpc) is 2.71. The highest BCUT2D eigenvalue weighted by Gasteiger charge is 2.21. The van der Waals surface area contributed by atoms with E-state index >= 15 is 0 Å². The third-order valence-electron chi connectivity index (χ3n) is 3.77. The number of anilines is 1. The fourth-order valence-corrected chi connectivity index (χ4v) is 3.29. The van der Waals surface area contributed by atoms with Gasteiger partial charge in [-0.3, -0.25) is 4.72 Å². The summed E-state index contributed by atoms with van der Waals surface area (Å²) in [5, 5.41) is 9.45. The van der Waals surface area contributed by atoms with Crippen LogP contribution in [0.15, 0.2) is 41.3 Å². The monoisotopic (exact) mass is 404 g/mol. The van der Waals surface area contributed by atoms with Gasteiger partial charge in [0.2, 0.25) is 0 Å². The molecule has 2 aromatic rings. The lowest BCUT2D eigenvalue weighted by Crippen LogP contribution is -2.14. The summed E-state index contributed by atoms with van der Waals surface area (Å²) in [5.41, 5.74) is 0.582. The minimum absolute atomic E-state index is 0.288. The van der Waals surface area contributed by atoms with Crippen LogP contribution in [0.4, 0.5) is 5.69 Å². The zero-order valence-corrected chi connectivity index (χ0v) is 16.7. The van der Waals surface area contributed by atoms with Crippen LogP contribution >= 0.6 is 0 Å². The summed E-state index contributed by atoms with van der Waals surface area (Å²) in [6.07, 6.45) is 1.18. The summed E-state index contributed by atoms with van der Waals surface area (Å²) in [6, 6.07) is 11.1. The van der Waals surface area contributed by atoms with Crippen molar-refractivity contribution in [3.05, 3.63) is 46.9 Å². The minimum Gasteiger partial charge on any atom is -0.497 e. The highest BCUT2D eigenvalue weighted by molar-refractivity contribution is 7.96. The quantitative estimate of drug-likeness (QED) is 0.674. The first-order valence-electron chi connectivity index (χ1n) is 7.97. The molecule has 148 valence electrons. The van der Waals surface area contributed by atoms with Gasteiger partial charge in [-0.1, -0.05) is 0 Å². The van der Waals surface area contributed by atoms with E-state index in [1.54, 1.807) is 30.3 Å². The van der Waals surface area contributed by atoms with Gasteiger partial charge in [0.25, 0.3) is 10.0 Å². The lowest BCUT2D eigenvalue weighted by Gasteiger charge is -2.13. The first-order valence-corrected chi connectivity index (χ1v) is 9.45. The van der Waals surface area contributed by atoms with E-state index in [1.165, 1.54) is 46.6 Å². The largest absolute Gasteiger partial charge is 0.497 e. The second-order valence-corrected chi connectivity index (χ2v) is 7.05. The van der Waals surface area contributed by atoms with Crippen LogP contribution in [0, 0.1) is 11.3 Å². The molecule has 0 atom stereocenters. The molecule has 0 aliphatic carbocycles. The van der Waals surface area contributed by atoms with E-state index in [1.807, 2.05) is 0 Å². The van der Waals surface area contributed by atoms with Gasteiger partial charge in [-0.15, -0.1) is 0 Å². The molecule has 0 heterocycles. The number of hydrogen-bond donors (Lipinski definition) is 1. The second-order valence-electron chi connectivity index (χ2n) is 5.40. The number of nitrogens with zero attached hydrogens (tertiary/aromatic N) is 1. The molecule has 0 aliphatic heterocycles. The predicted molar refractivity (Wildman–Crippen MR) is 105 cm³/mol. The van der Waals surface area contributed by atoms with E-state index in [0.29, 0.717) is 28.6 Å². The van der Waals surface area contributed by atoms with Crippen LogP contribution in [0.2, 0.25) is 0 Å². The van der Waals surface area contributed by atoms with Crippen LogP contribution in [0.3, 0.4) is 0 Å². The topological polar surface area (TPSA) is 107 Å². The Morgan fingerprint density at radius 3 is 1.89 bits per heavy atom. The summed E-state index contributed by atoms with van der Waals surface area (Å²) in [7, 11) is 1.68. The third kappa shape index (κ3) is 4.66. The Bertz CT molecular complexity index is 983. The Balaban J connectivity index is 2.48. The Labute approximate surface area is 164 Å². The summed E-state index contributed by atoms with van der Waals surface area (Å²) in [5.74, 6) is 1.63. The van der Waals surface area contributed by atoms with Crippen LogP contribution in [0.5, 0.6) is 23.0 Å². The molecule has 2 rings (SSSR count). The Hall–Kier alpha value is -3.38. The molecule has 0 aliphatic rings. The van der Waals surface area contributed by atoms with Gasteiger partial charge in [0.1, 0.15) is 29.1 Å². The van der Waals surface area contributed by atoms with Crippen LogP contribution in [0.1, 0.15) is 5.56 Å². The average molecular weight is 404 g/mol. The van der Waals surface area contributed by atoms with Gasteiger partial charge in [0.05, 0.1) is 34.0 Å². The van der Waals surface area contributed by atoms with Crippen molar-refractivity contribution >= 4 is 21.8 Å². The molecule has 0 aromatic heterocycles. The molecule has 28 heavy (non-hydrogen) atoms. The van der Waals surface area contributed by atoms with Crippen molar-refractivity contribution in [2.45, 2.75) is 0 Å². The number of nitrogens with one attached hydrogen (secondary N) is 1. The summed E-state index contributed by atoms with van der Waals surface area (Å²) in [4.78, 5) is -0.509. The Kier molecular flexibility index (Phi) is 6.74. The molecule has 0 bridgehead atoms. The summed E-state index contributed by atoms with van der Waals surface area (Å²) in [6.45, 7) is 0. The maximum atomic E-state index is 12.7. The zero-order chi connectivity index (χ0) is 20.7. The van der Waals surface area contributed by atoms with Crippen molar-refractivity contribution in [1.29, 1.82) is 5.26 Å². The van der Waals surface area contributed by atoms with Crippen LogP contribution in [-0.2, 0) is 10.0 Å². The molecule has 9 heteroatoms. The number of nitriles is 1. The van der Waals surface area contributed by atoms with Crippen molar-refractivity contribution in [2.75, 3.05) is 33.2 Å². The number of rotatable bonds is 8. The normalized spacial score (nSPS) is 11.3. The lowest BCUT2D eigenvalue weighted by molar-refractivity contribution is 0.374. The van der Waals surface area contributed by atoms with Gasteiger partial charge in [-0.05, 0) is 30.3 Å². The van der Waals surface area contributed by atoms with Crippen molar-refractivity contribution in [1.82, 2.24) is 0 Å². The van der Waals surface area contributed by atoms with Crippen LogP contribution in [-0.4, -0.2) is 36.9 Å². The fourth-order valence-electron chi connectivity index (χ4n) is 2.35. The number of sulfonamides is 1. The maximum Gasteiger partial charge on any atom is 0.272 e. The minimum atomic E-state index is -4.14. The van der Waals surface area contributed by atoms with Crippen LogP contribution in [0.25, 0.3) is 6.08 Å². The molecule has 8 nitrogen and oxygen atoms in total. The smallest absolute Gasteiger partial charge is 0.272 e. The number of hydrogen-bond acceptors (Lipinski definition) is 7. The second kappa shape index (κ2) is 9.01. The highest BCUT2D eigenvalue weighted by atomic mass is 32.2. The Morgan fingerprint density at radius 1 is 0.929 bits per heavy atom. The predicted octanol–water partition coefficient (Wildman–Crippen LogP) is 3.03. The molecule has 0 saturated carbocycles. The molecular weight excluding hydrogens is 384 g/mol. The van der Waals surface area contributed by atoms with Gasteiger partial charge in [0.15, 0.2) is 4.91 Å². The fraction of sp³-hybridized carbons (Fsp3) is 0.211. The molecule has 0 unspecified atom stereocenters. The van der Waals surface area contributed by atoms with Crippen molar-refractivity contribution in [3.8, 4) is 29.1 Å². The lowest BCUT2D eigenvalue weighted by atomic mass is 10.1. The van der Waals surface area contributed by atoms with E-state index in [0.717, 1.165) is 0 Å². The maximum absolute atomic E-state index is 12.7. The standard InChI is InChI=1S/C19H20N2O6S/c1-24-14-7-5-13(6-8-14)21-28(22,23)16(12-20)11-17-18(26-3)9-15(25-2)10-19(17)27-4/h5-11,21H,1-4H3/b16-11-. The molecule has 2 aromatic carbocycles. The zero-order valence-electron chi connectivity index (χ0n) is 15.8. The summed E-state index contributed by atoms with van der Waals surface area (Å²) < 4.78 is 48.5. The number of ether oxygens (including phenoxy) is 4. The molecule has 0 saturated heterocycles. The molecule has 0 fully saturated rings. The van der Waals surface area contributed by atoms with Gasteiger partial charge in [0, 0.05) is 17.8 Å².